The fourth-order valence-corrected chi connectivity index (χ4v) is 1.39. The molecule has 0 aromatic carbocycles. The van der Waals surface area contributed by atoms with E-state index in [-0.39, 0.29) is 0 Å². The minimum atomic E-state index is 0.461. The number of halogens is 2. The smallest absolute Gasteiger partial charge is 0.145 e. The molecule has 0 amide bonds. The van der Waals surface area contributed by atoms with Crippen molar-refractivity contribution in [2.24, 2.45) is 0 Å². The molecule has 0 aliphatic carbocycles. The summed E-state index contributed by atoms with van der Waals surface area (Å²) >= 11 is 8.93. The van der Waals surface area contributed by atoms with Crippen molar-refractivity contribution in [3.8, 4) is 0 Å². The molecule has 2 rings (SSSR count). The zero-order chi connectivity index (χ0) is 7.84. The number of rotatable bonds is 0. The Morgan fingerprint density at radius 3 is 3.09 bits per heavy atom. The standard InChI is InChI=1S/C6H3BrClN3/c7-6-4-1-9-5(8)2-11(4)3-10-6/h1-3H. The molecule has 2 aromatic heterocycles. The van der Waals surface area contributed by atoms with Gasteiger partial charge in [-0.25, -0.2) is 9.97 Å². The lowest BCUT2D eigenvalue weighted by atomic mass is 10.6. The zero-order valence-corrected chi connectivity index (χ0v) is 7.67. The lowest BCUT2D eigenvalue weighted by Crippen LogP contribution is -1.83. The number of hydrogen-bond donors (Lipinski definition) is 0. The van der Waals surface area contributed by atoms with E-state index in [1.54, 1.807) is 23.1 Å². The maximum absolute atomic E-state index is 5.65. The average Bonchev–Trinajstić information content (AvgIpc) is 2.32. The van der Waals surface area contributed by atoms with Gasteiger partial charge in [0, 0.05) is 6.20 Å². The van der Waals surface area contributed by atoms with Gasteiger partial charge in [-0.2, -0.15) is 0 Å². The van der Waals surface area contributed by atoms with Crippen LogP contribution in [0, 0.1) is 0 Å². The Labute approximate surface area is 76.2 Å². The molecular formula is C6H3BrClN3. The van der Waals surface area contributed by atoms with Gasteiger partial charge in [0.05, 0.1) is 11.7 Å². The van der Waals surface area contributed by atoms with Crippen LogP contribution in [0.4, 0.5) is 0 Å². The third-order valence-electron chi connectivity index (χ3n) is 1.34. The zero-order valence-electron chi connectivity index (χ0n) is 5.33. The van der Waals surface area contributed by atoms with Crippen LogP contribution >= 0.6 is 27.5 Å². The van der Waals surface area contributed by atoms with Gasteiger partial charge in [-0.1, -0.05) is 11.6 Å². The lowest BCUT2D eigenvalue weighted by Gasteiger charge is -1.91. The fraction of sp³-hybridized carbons (Fsp3) is 0. The average molecular weight is 232 g/mol. The summed E-state index contributed by atoms with van der Waals surface area (Å²) in [5.74, 6) is 0. The van der Waals surface area contributed by atoms with Gasteiger partial charge in [0.2, 0.25) is 0 Å². The Bertz CT molecular complexity index is 398. The van der Waals surface area contributed by atoms with Crippen LogP contribution in [-0.4, -0.2) is 14.4 Å². The number of hydrogen-bond acceptors (Lipinski definition) is 2. The molecule has 2 aromatic rings. The van der Waals surface area contributed by atoms with Crippen molar-refractivity contribution in [2.45, 2.75) is 0 Å². The number of fused-ring (bicyclic) bond motifs is 1. The summed E-state index contributed by atoms with van der Waals surface area (Å²) in [7, 11) is 0. The summed E-state index contributed by atoms with van der Waals surface area (Å²) in [6.45, 7) is 0. The molecule has 0 saturated carbocycles. The Kier molecular flexibility index (Phi) is 1.58. The first-order valence-corrected chi connectivity index (χ1v) is 4.08. The molecule has 0 unspecified atom stereocenters. The van der Waals surface area contributed by atoms with E-state index < -0.39 is 0 Å². The SMILES string of the molecule is Clc1cn2cnc(Br)c2cn1. The maximum atomic E-state index is 5.65. The highest BCUT2D eigenvalue weighted by Crippen LogP contribution is 2.15. The van der Waals surface area contributed by atoms with Gasteiger partial charge in [0.15, 0.2) is 0 Å². The molecule has 0 spiro atoms. The van der Waals surface area contributed by atoms with Gasteiger partial charge in [-0.15, -0.1) is 0 Å². The molecule has 11 heavy (non-hydrogen) atoms. The minimum absolute atomic E-state index is 0.461. The first-order chi connectivity index (χ1) is 5.27. The largest absolute Gasteiger partial charge is 0.301 e. The van der Waals surface area contributed by atoms with Crippen LogP contribution in [0.15, 0.2) is 23.3 Å². The summed E-state index contributed by atoms with van der Waals surface area (Å²) in [5.41, 5.74) is 0.911. The summed E-state index contributed by atoms with van der Waals surface area (Å²) in [5, 5.41) is 0.461. The van der Waals surface area contributed by atoms with Gasteiger partial charge >= 0.3 is 0 Å². The van der Waals surface area contributed by atoms with Gasteiger partial charge < -0.3 is 4.40 Å². The van der Waals surface area contributed by atoms with Crippen molar-refractivity contribution in [1.29, 1.82) is 0 Å². The van der Waals surface area contributed by atoms with E-state index in [1.807, 2.05) is 0 Å². The van der Waals surface area contributed by atoms with E-state index in [0.29, 0.717) is 5.15 Å². The van der Waals surface area contributed by atoms with Crippen LogP contribution in [0.25, 0.3) is 5.52 Å². The highest BCUT2D eigenvalue weighted by atomic mass is 79.9. The Balaban J connectivity index is 2.86. The van der Waals surface area contributed by atoms with Gasteiger partial charge in [-0.3, -0.25) is 0 Å². The second-order valence-corrected chi connectivity index (χ2v) is 3.18. The molecule has 0 aliphatic rings. The molecule has 0 aliphatic heterocycles. The molecule has 0 radical (unpaired) electrons. The molecule has 0 saturated heterocycles. The topological polar surface area (TPSA) is 30.2 Å². The maximum Gasteiger partial charge on any atom is 0.145 e. The van der Waals surface area contributed by atoms with E-state index >= 15 is 0 Å². The van der Waals surface area contributed by atoms with Gasteiger partial charge in [-0.05, 0) is 15.9 Å². The van der Waals surface area contributed by atoms with Crippen molar-refractivity contribution >= 4 is 33.0 Å². The van der Waals surface area contributed by atoms with Gasteiger partial charge in [0.25, 0.3) is 0 Å². The Morgan fingerprint density at radius 1 is 1.45 bits per heavy atom. The van der Waals surface area contributed by atoms with E-state index in [0.717, 1.165) is 10.1 Å². The van der Waals surface area contributed by atoms with Crippen LogP contribution < -0.4 is 0 Å². The van der Waals surface area contributed by atoms with Crippen LogP contribution in [-0.2, 0) is 0 Å². The van der Waals surface area contributed by atoms with Crippen molar-refractivity contribution in [1.82, 2.24) is 14.4 Å². The van der Waals surface area contributed by atoms with Crippen LogP contribution in [0.1, 0.15) is 0 Å². The molecule has 0 fully saturated rings. The summed E-state index contributed by atoms with van der Waals surface area (Å²) in [6.07, 6.45) is 5.04. The molecule has 56 valence electrons. The van der Waals surface area contributed by atoms with E-state index in [9.17, 15) is 0 Å². The lowest BCUT2D eigenvalue weighted by molar-refractivity contribution is 1.11. The van der Waals surface area contributed by atoms with Crippen LogP contribution in [0.5, 0.6) is 0 Å². The van der Waals surface area contributed by atoms with Crippen molar-refractivity contribution in [3.63, 3.8) is 0 Å². The van der Waals surface area contributed by atoms with E-state index in [1.165, 1.54) is 0 Å². The third-order valence-corrected chi connectivity index (χ3v) is 2.15. The normalized spacial score (nSPS) is 10.7. The highest BCUT2D eigenvalue weighted by Gasteiger charge is 2.00. The van der Waals surface area contributed by atoms with Crippen molar-refractivity contribution in [3.05, 3.63) is 28.5 Å². The second kappa shape index (κ2) is 2.46. The highest BCUT2D eigenvalue weighted by molar-refractivity contribution is 9.10. The predicted octanol–water partition coefficient (Wildman–Crippen LogP) is 2.15. The fourth-order valence-electron chi connectivity index (χ4n) is 0.841. The third kappa shape index (κ3) is 1.12. The van der Waals surface area contributed by atoms with Gasteiger partial charge in [0.1, 0.15) is 16.1 Å². The first kappa shape index (κ1) is 7.06. The van der Waals surface area contributed by atoms with E-state index in [4.69, 9.17) is 11.6 Å². The molecule has 0 bridgehead atoms. The van der Waals surface area contributed by atoms with Crippen molar-refractivity contribution in [2.75, 3.05) is 0 Å². The van der Waals surface area contributed by atoms with Crippen LogP contribution in [0.3, 0.4) is 0 Å². The van der Waals surface area contributed by atoms with E-state index in [2.05, 4.69) is 25.9 Å². The first-order valence-electron chi connectivity index (χ1n) is 2.91. The molecule has 0 atom stereocenters. The number of nitrogens with zero attached hydrogens (tertiary/aromatic N) is 3. The molecule has 0 N–H and O–H groups in total. The number of aromatic nitrogens is 3. The Hall–Kier alpha value is -0.610. The van der Waals surface area contributed by atoms with Crippen molar-refractivity contribution < 1.29 is 0 Å². The summed E-state index contributed by atoms with van der Waals surface area (Å²) < 4.78 is 2.58. The number of imidazole rings is 1. The molecular weight excluding hydrogens is 229 g/mol. The molecule has 3 nitrogen and oxygen atoms in total. The summed E-state index contributed by atoms with van der Waals surface area (Å²) in [6, 6.07) is 0. The summed E-state index contributed by atoms with van der Waals surface area (Å²) in [4.78, 5) is 7.93. The predicted molar refractivity (Wildman–Crippen MR) is 45.7 cm³/mol. The molecule has 2 heterocycles. The molecule has 5 heteroatoms. The minimum Gasteiger partial charge on any atom is -0.301 e. The second-order valence-electron chi connectivity index (χ2n) is 2.04. The quantitative estimate of drug-likeness (QED) is 0.697. The monoisotopic (exact) mass is 231 g/mol. The van der Waals surface area contributed by atoms with Crippen LogP contribution in [0.2, 0.25) is 5.15 Å². The Morgan fingerprint density at radius 2 is 2.27 bits per heavy atom.